The van der Waals surface area contributed by atoms with Gasteiger partial charge in [-0.15, -0.1) is 0 Å². The number of hydrogen-bond acceptors (Lipinski definition) is 4. The predicted molar refractivity (Wildman–Crippen MR) is 91.5 cm³/mol. The van der Waals surface area contributed by atoms with Crippen molar-refractivity contribution >= 4 is 33.5 Å². The van der Waals surface area contributed by atoms with Gasteiger partial charge in [-0.3, -0.25) is 4.79 Å². The lowest BCUT2D eigenvalue weighted by atomic mass is 10.0. The number of nitrogens with zero attached hydrogens (tertiary/aromatic N) is 1. The van der Waals surface area contributed by atoms with E-state index in [9.17, 15) is 9.59 Å². The highest BCUT2D eigenvalue weighted by molar-refractivity contribution is 9.10. The molecule has 1 aliphatic rings. The van der Waals surface area contributed by atoms with Gasteiger partial charge in [-0.05, 0) is 40.9 Å². The number of para-hydroxylation sites is 1. The van der Waals surface area contributed by atoms with Gasteiger partial charge in [0.05, 0.1) is 23.3 Å². The molecule has 1 heterocycles. The average Bonchev–Trinajstić information content (AvgIpc) is 2.52. The van der Waals surface area contributed by atoms with Gasteiger partial charge in [0.2, 0.25) is 0 Å². The zero-order valence-corrected chi connectivity index (χ0v) is 15.0. The summed E-state index contributed by atoms with van der Waals surface area (Å²) >= 11 is 3.46. The molecule has 1 aromatic carbocycles. The van der Waals surface area contributed by atoms with Crippen molar-refractivity contribution in [1.29, 1.82) is 0 Å². The molecule has 1 aromatic rings. The fourth-order valence-electron chi connectivity index (χ4n) is 2.27. The van der Waals surface area contributed by atoms with Crippen LogP contribution < -0.4 is 9.64 Å². The lowest BCUT2D eigenvalue weighted by molar-refractivity contribution is -0.137. The van der Waals surface area contributed by atoms with E-state index >= 15 is 0 Å². The lowest BCUT2D eigenvalue weighted by Gasteiger charge is -2.36. The summed E-state index contributed by atoms with van der Waals surface area (Å²) in [5.74, 6) is 0.102. The lowest BCUT2D eigenvalue weighted by Crippen LogP contribution is -2.45. The van der Waals surface area contributed by atoms with Crippen molar-refractivity contribution in [2.24, 2.45) is 5.92 Å². The van der Waals surface area contributed by atoms with Crippen LogP contribution in [0.1, 0.15) is 20.8 Å². The van der Waals surface area contributed by atoms with Crippen LogP contribution in [0.25, 0.3) is 0 Å². The Hall–Kier alpha value is -1.82. The van der Waals surface area contributed by atoms with Crippen LogP contribution in [0.2, 0.25) is 0 Å². The SMILES string of the molecule is CCOC(=O)C=CC(=O)N1CC(C(C)C)Oc2c(Br)cccc21. The molecule has 2 rings (SSSR count). The van der Waals surface area contributed by atoms with Crippen molar-refractivity contribution in [3.05, 3.63) is 34.8 Å². The van der Waals surface area contributed by atoms with Gasteiger partial charge in [0.25, 0.3) is 5.91 Å². The minimum Gasteiger partial charge on any atom is -0.485 e. The molecule has 0 N–H and O–H groups in total. The van der Waals surface area contributed by atoms with E-state index in [1.54, 1.807) is 11.8 Å². The van der Waals surface area contributed by atoms with Gasteiger partial charge in [-0.1, -0.05) is 19.9 Å². The molecule has 6 heteroatoms. The molecule has 124 valence electrons. The normalized spacial score (nSPS) is 17.1. The molecular formula is C17H20BrNO4. The van der Waals surface area contributed by atoms with E-state index in [0.717, 1.165) is 10.5 Å². The number of amides is 1. The van der Waals surface area contributed by atoms with Crippen LogP contribution in [0.15, 0.2) is 34.8 Å². The monoisotopic (exact) mass is 381 g/mol. The van der Waals surface area contributed by atoms with Crippen molar-refractivity contribution in [3.8, 4) is 5.75 Å². The van der Waals surface area contributed by atoms with E-state index in [2.05, 4.69) is 15.9 Å². The Bertz CT molecular complexity index is 627. The molecule has 0 aromatic heterocycles. The van der Waals surface area contributed by atoms with Crippen molar-refractivity contribution in [1.82, 2.24) is 0 Å². The number of rotatable bonds is 4. The van der Waals surface area contributed by atoms with Crippen LogP contribution in [0, 0.1) is 5.92 Å². The summed E-state index contributed by atoms with van der Waals surface area (Å²) in [4.78, 5) is 25.5. The van der Waals surface area contributed by atoms with E-state index in [-0.39, 0.29) is 24.5 Å². The summed E-state index contributed by atoms with van der Waals surface area (Å²) in [6.07, 6.45) is 2.29. The number of hydrogen-bond donors (Lipinski definition) is 0. The molecule has 1 amide bonds. The van der Waals surface area contributed by atoms with E-state index in [1.807, 2.05) is 32.0 Å². The van der Waals surface area contributed by atoms with Crippen LogP contribution in [0.3, 0.4) is 0 Å². The third-order valence-corrected chi connectivity index (χ3v) is 4.15. The molecule has 0 bridgehead atoms. The fourth-order valence-corrected chi connectivity index (χ4v) is 2.72. The second-order valence-corrected chi connectivity index (χ2v) is 6.38. The van der Waals surface area contributed by atoms with E-state index < -0.39 is 5.97 Å². The summed E-state index contributed by atoms with van der Waals surface area (Å²) in [6, 6.07) is 5.54. The zero-order chi connectivity index (χ0) is 17.0. The summed E-state index contributed by atoms with van der Waals surface area (Å²) in [5, 5.41) is 0. The zero-order valence-electron chi connectivity index (χ0n) is 13.4. The first-order chi connectivity index (χ1) is 10.9. The number of benzene rings is 1. The minimum atomic E-state index is -0.524. The maximum Gasteiger partial charge on any atom is 0.330 e. The topological polar surface area (TPSA) is 55.8 Å². The third kappa shape index (κ3) is 4.13. The Labute approximate surface area is 144 Å². The number of carbonyl (C=O) groups is 2. The predicted octanol–water partition coefficient (Wildman–Crippen LogP) is 3.32. The van der Waals surface area contributed by atoms with Crippen LogP contribution in [0.4, 0.5) is 5.69 Å². The number of esters is 1. The first-order valence-electron chi connectivity index (χ1n) is 7.55. The van der Waals surface area contributed by atoms with Gasteiger partial charge >= 0.3 is 5.97 Å². The molecule has 5 nitrogen and oxygen atoms in total. The highest BCUT2D eigenvalue weighted by atomic mass is 79.9. The van der Waals surface area contributed by atoms with Gasteiger partial charge < -0.3 is 14.4 Å². The van der Waals surface area contributed by atoms with Crippen molar-refractivity contribution in [2.45, 2.75) is 26.9 Å². The fraction of sp³-hybridized carbons (Fsp3) is 0.412. The highest BCUT2D eigenvalue weighted by Gasteiger charge is 2.31. The van der Waals surface area contributed by atoms with Gasteiger partial charge in [0.1, 0.15) is 6.10 Å². The van der Waals surface area contributed by atoms with E-state index in [4.69, 9.17) is 9.47 Å². The average molecular weight is 382 g/mol. The number of carbonyl (C=O) groups excluding carboxylic acids is 2. The Kier molecular flexibility index (Phi) is 5.82. The van der Waals surface area contributed by atoms with Crippen LogP contribution >= 0.6 is 15.9 Å². The highest BCUT2D eigenvalue weighted by Crippen LogP contribution is 2.40. The molecule has 0 aliphatic carbocycles. The van der Waals surface area contributed by atoms with Crippen molar-refractivity contribution < 1.29 is 19.1 Å². The largest absolute Gasteiger partial charge is 0.485 e. The molecule has 0 radical (unpaired) electrons. The maximum atomic E-state index is 12.5. The molecule has 0 saturated carbocycles. The third-order valence-electron chi connectivity index (χ3n) is 3.53. The second kappa shape index (κ2) is 7.64. The van der Waals surface area contributed by atoms with Crippen LogP contribution in [-0.2, 0) is 14.3 Å². The Morgan fingerprint density at radius 2 is 2.17 bits per heavy atom. The quantitative estimate of drug-likeness (QED) is 0.592. The number of anilines is 1. The molecular weight excluding hydrogens is 362 g/mol. The number of halogens is 1. The molecule has 1 atom stereocenters. The van der Waals surface area contributed by atoms with Crippen LogP contribution in [0.5, 0.6) is 5.75 Å². The summed E-state index contributed by atoms with van der Waals surface area (Å²) in [5.41, 5.74) is 0.690. The summed E-state index contributed by atoms with van der Waals surface area (Å²) in [7, 11) is 0. The number of fused-ring (bicyclic) bond motifs is 1. The van der Waals surface area contributed by atoms with E-state index in [1.165, 1.54) is 6.08 Å². The first kappa shape index (κ1) is 17.5. The molecule has 0 saturated heterocycles. The molecule has 1 aliphatic heterocycles. The minimum absolute atomic E-state index is 0.110. The van der Waals surface area contributed by atoms with Crippen molar-refractivity contribution in [2.75, 3.05) is 18.1 Å². The molecule has 0 fully saturated rings. The Morgan fingerprint density at radius 3 is 2.83 bits per heavy atom. The Balaban J connectivity index is 2.28. The molecule has 1 unspecified atom stereocenters. The van der Waals surface area contributed by atoms with Crippen molar-refractivity contribution in [3.63, 3.8) is 0 Å². The second-order valence-electron chi connectivity index (χ2n) is 5.52. The maximum absolute atomic E-state index is 12.5. The standard InChI is InChI=1S/C17H20BrNO4/c1-4-22-16(21)9-8-15(20)19-10-14(11(2)3)23-17-12(18)6-5-7-13(17)19/h5-9,11,14H,4,10H2,1-3H3. The van der Waals surface area contributed by atoms with Gasteiger partial charge in [-0.25, -0.2) is 4.79 Å². The summed E-state index contributed by atoms with van der Waals surface area (Å²) in [6.45, 7) is 6.52. The molecule has 23 heavy (non-hydrogen) atoms. The molecule has 0 spiro atoms. The van der Waals surface area contributed by atoms with Crippen LogP contribution in [-0.4, -0.2) is 31.1 Å². The van der Waals surface area contributed by atoms with E-state index in [0.29, 0.717) is 18.0 Å². The smallest absolute Gasteiger partial charge is 0.330 e. The van der Waals surface area contributed by atoms with Gasteiger partial charge in [-0.2, -0.15) is 0 Å². The van der Waals surface area contributed by atoms with Gasteiger partial charge in [0, 0.05) is 12.2 Å². The Morgan fingerprint density at radius 1 is 1.43 bits per heavy atom. The van der Waals surface area contributed by atoms with Gasteiger partial charge in [0.15, 0.2) is 5.75 Å². The number of ether oxygens (including phenoxy) is 2. The summed E-state index contributed by atoms with van der Waals surface area (Å²) < 4.78 is 11.6. The first-order valence-corrected chi connectivity index (χ1v) is 8.34.